The van der Waals surface area contributed by atoms with E-state index >= 15 is 0 Å². The summed E-state index contributed by atoms with van der Waals surface area (Å²) in [6, 6.07) is 5.54. The zero-order chi connectivity index (χ0) is 11.7. The molecule has 2 N–H and O–H groups in total. The zero-order valence-corrected chi connectivity index (χ0v) is 9.55. The zero-order valence-electron chi connectivity index (χ0n) is 9.55. The van der Waals surface area contributed by atoms with Crippen molar-refractivity contribution in [2.45, 2.75) is 13.8 Å². The predicted octanol–water partition coefficient (Wildman–Crippen LogP) is 2.00. The summed E-state index contributed by atoms with van der Waals surface area (Å²) in [6.45, 7) is 4.01. The third-order valence-corrected chi connectivity index (χ3v) is 2.53. The Hall–Kier alpha value is -1.97. The number of benzene rings is 1. The molecule has 2 aromatic rings. The molecule has 4 heteroatoms. The van der Waals surface area contributed by atoms with Crippen molar-refractivity contribution < 1.29 is 4.74 Å². The minimum absolute atomic E-state index is 0.142. The lowest BCUT2D eigenvalue weighted by atomic mass is 10.0. The quantitative estimate of drug-likeness (QED) is 0.809. The molecule has 0 amide bonds. The molecular weight excluding hydrogens is 204 g/mol. The highest BCUT2D eigenvalue weighted by Crippen LogP contribution is 2.32. The van der Waals surface area contributed by atoms with Gasteiger partial charge in [0.05, 0.1) is 12.8 Å². The third kappa shape index (κ3) is 1.74. The number of aromatic amines is 2. The van der Waals surface area contributed by atoms with Crippen molar-refractivity contribution in [3.05, 3.63) is 39.7 Å². The van der Waals surface area contributed by atoms with Crippen molar-refractivity contribution in [3.63, 3.8) is 0 Å². The minimum atomic E-state index is -0.142. The van der Waals surface area contributed by atoms with Crippen LogP contribution in [0.1, 0.15) is 11.1 Å². The Balaban J connectivity index is 2.68. The molecule has 2 rings (SSSR count). The number of aryl methyl sites for hydroxylation is 2. The van der Waals surface area contributed by atoms with Crippen LogP contribution in [0, 0.1) is 13.8 Å². The van der Waals surface area contributed by atoms with Crippen LogP contribution in [0.25, 0.3) is 11.3 Å². The number of H-pyrrole nitrogens is 2. The predicted molar refractivity (Wildman–Crippen MR) is 62.9 cm³/mol. The molecule has 1 aromatic heterocycles. The van der Waals surface area contributed by atoms with E-state index in [9.17, 15) is 4.79 Å². The van der Waals surface area contributed by atoms with Gasteiger partial charge in [-0.1, -0.05) is 6.07 Å². The molecule has 16 heavy (non-hydrogen) atoms. The summed E-state index contributed by atoms with van der Waals surface area (Å²) in [6.07, 6.45) is 0. The van der Waals surface area contributed by atoms with Gasteiger partial charge >= 0.3 is 0 Å². The molecule has 0 bridgehead atoms. The summed E-state index contributed by atoms with van der Waals surface area (Å²) in [5, 5.41) is 5.36. The molecule has 1 heterocycles. The Morgan fingerprint density at radius 1 is 1.12 bits per heavy atom. The summed E-state index contributed by atoms with van der Waals surface area (Å²) in [5.41, 5.74) is 3.74. The van der Waals surface area contributed by atoms with Crippen LogP contribution in [0.2, 0.25) is 0 Å². The lowest BCUT2D eigenvalue weighted by molar-refractivity contribution is 0.415. The largest absolute Gasteiger partial charge is 0.496 e. The standard InChI is InChI=1S/C12H14N2O2/c1-7-4-8(2)12(10(5-7)16-3)9-6-11(15)14-13-9/h4-6H,1-3H3,(H2,13,14,15). The van der Waals surface area contributed by atoms with E-state index in [2.05, 4.69) is 16.3 Å². The molecular formula is C12H14N2O2. The van der Waals surface area contributed by atoms with Gasteiger partial charge in [0, 0.05) is 11.6 Å². The molecule has 4 nitrogen and oxygen atoms in total. The second-order valence-electron chi connectivity index (χ2n) is 3.83. The normalized spacial score (nSPS) is 10.4. The topological polar surface area (TPSA) is 57.9 Å². The maximum absolute atomic E-state index is 11.1. The van der Waals surface area contributed by atoms with Crippen molar-refractivity contribution in [2.75, 3.05) is 7.11 Å². The van der Waals surface area contributed by atoms with Gasteiger partial charge in [-0.15, -0.1) is 0 Å². The first-order valence-electron chi connectivity index (χ1n) is 5.05. The van der Waals surface area contributed by atoms with Crippen LogP contribution in [-0.4, -0.2) is 17.3 Å². The van der Waals surface area contributed by atoms with Gasteiger partial charge in [-0.3, -0.25) is 15.0 Å². The molecule has 0 spiro atoms. The summed E-state index contributed by atoms with van der Waals surface area (Å²) in [4.78, 5) is 11.1. The smallest absolute Gasteiger partial charge is 0.264 e. The van der Waals surface area contributed by atoms with Gasteiger partial charge in [0.2, 0.25) is 0 Å². The molecule has 0 radical (unpaired) electrons. The van der Waals surface area contributed by atoms with Crippen LogP contribution >= 0.6 is 0 Å². The molecule has 0 unspecified atom stereocenters. The molecule has 1 aromatic carbocycles. The fourth-order valence-corrected chi connectivity index (χ4v) is 1.90. The fraction of sp³-hybridized carbons (Fsp3) is 0.250. The van der Waals surface area contributed by atoms with E-state index in [4.69, 9.17) is 4.74 Å². The number of nitrogens with one attached hydrogen (secondary N) is 2. The molecule has 84 valence electrons. The van der Waals surface area contributed by atoms with Gasteiger partial charge in [-0.05, 0) is 31.0 Å². The number of aromatic nitrogens is 2. The van der Waals surface area contributed by atoms with Crippen molar-refractivity contribution >= 4 is 0 Å². The first kappa shape index (κ1) is 10.5. The highest BCUT2D eigenvalue weighted by molar-refractivity contribution is 5.71. The lowest BCUT2D eigenvalue weighted by Gasteiger charge is -2.11. The highest BCUT2D eigenvalue weighted by Gasteiger charge is 2.11. The molecule has 0 aliphatic rings. The van der Waals surface area contributed by atoms with E-state index in [-0.39, 0.29) is 5.56 Å². The molecule has 0 fully saturated rings. The fourth-order valence-electron chi connectivity index (χ4n) is 1.90. The van der Waals surface area contributed by atoms with E-state index in [1.54, 1.807) is 7.11 Å². The summed E-state index contributed by atoms with van der Waals surface area (Å²) in [5.74, 6) is 0.771. The third-order valence-electron chi connectivity index (χ3n) is 2.53. The van der Waals surface area contributed by atoms with Gasteiger partial charge in [-0.25, -0.2) is 0 Å². The van der Waals surface area contributed by atoms with Crippen LogP contribution in [0.4, 0.5) is 0 Å². The van der Waals surface area contributed by atoms with Crippen molar-refractivity contribution in [1.82, 2.24) is 10.2 Å². The number of hydrogen-bond acceptors (Lipinski definition) is 2. The molecule has 0 saturated heterocycles. The average Bonchev–Trinajstić information content (AvgIpc) is 2.63. The van der Waals surface area contributed by atoms with Crippen molar-refractivity contribution in [1.29, 1.82) is 0 Å². The molecule has 0 saturated carbocycles. The van der Waals surface area contributed by atoms with Crippen LogP contribution in [-0.2, 0) is 0 Å². The van der Waals surface area contributed by atoms with E-state index in [0.29, 0.717) is 0 Å². The first-order valence-corrected chi connectivity index (χ1v) is 5.05. The summed E-state index contributed by atoms with van der Waals surface area (Å²) < 4.78 is 5.33. The van der Waals surface area contributed by atoms with E-state index in [0.717, 1.165) is 28.1 Å². The average molecular weight is 218 g/mol. The maximum atomic E-state index is 11.1. The van der Waals surface area contributed by atoms with E-state index in [1.807, 2.05) is 19.9 Å². The number of rotatable bonds is 2. The molecule has 0 aliphatic carbocycles. The lowest BCUT2D eigenvalue weighted by Crippen LogP contribution is -1.94. The first-order chi connectivity index (χ1) is 7.61. The molecule has 0 aliphatic heterocycles. The van der Waals surface area contributed by atoms with Gasteiger partial charge in [0.25, 0.3) is 5.56 Å². The van der Waals surface area contributed by atoms with Crippen LogP contribution in [0.15, 0.2) is 23.0 Å². The summed E-state index contributed by atoms with van der Waals surface area (Å²) >= 11 is 0. The van der Waals surface area contributed by atoms with Gasteiger partial charge in [0.1, 0.15) is 5.75 Å². The second kappa shape index (κ2) is 3.89. The Kier molecular flexibility index (Phi) is 2.56. The Morgan fingerprint density at radius 3 is 2.44 bits per heavy atom. The van der Waals surface area contributed by atoms with Gasteiger partial charge < -0.3 is 4.74 Å². The number of methoxy groups -OCH3 is 1. The van der Waals surface area contributed by atoms with Crippen LogP contribution in [0.3, 0.4) is 0 Å². The second-order valence-corrected chi connectivity index (χ2v) is 3.83. The van der Waals surface area contributed by atoms with Crippen molar-refractivity contribution in [3.8, 4) is 17.0 Å². The Bertz CT molecular complexity index is 567. The minimum Gasteiger partial charge on any atom is -0.496 e. The van der Waals surface area contributed by atoms with Crippen molar-refractivity contribution in [2.24, 2.45) is 0 Å². The SMILES string of the molecule is COc1cc(C)cc(C)c1-c1cc(=O)[nH][nH]1. The van der Waals surface area contributed by atoms with Gasteiger partial charge in [-0.2, -0.15) is 0 Å². The summed E-state index contributed by atoms with van der Waals surface area (Å²) in [7, 11) is 1.63. The number of ether oxygens (including phenoxy) is 1. The number of hydrogen-bond donors (Lipinski definition) is 2. The maximum Gasteiger partial charge on any atom is 0.264 e. The van der Waals surface area contributed by atoms with Crippen LogP contribution < -0.4 is 10.3 Å². The van der Waals surface area contributed by atoms with E-state index in [1.165, 1.54) is 6.07 Å². The Morgan fingerprint density at radius 2 is 1.88 bits per heavy atom. The Labute approximate surface area is 93.3 Å². The monoisotopic (exact) mass is 218 g/mol. The molecule has 0 atom stereocenters. The van der Waals surface area contributed by atoms with Crippen LogP contribution in [0.5, 0.6) is 5.75 Å². The van der Waals surface area contributed by atoms with E-state index < -0.39 is 0 Å². The highest BCUT2D eigenvalue weighted by atomic mass is 16.5. The van der Waals surface area contributed by atoms with Gasteiger partial charge in [0.15, 0.2) is 0 Å².